The normalized spacial score (nSPS) is 14.4. The van der Waals surface area contributed by atoms with Gasteiger partial charge in [-0.1, -0.05) is 66.7 Å². The molecule has 0 amide bonds. The van der Waals surface area contributed by atoms with Gasteiger partial charge in [0.2, 0.25) is 0 Å². The molecule has 1 saturated heterocycles. The van der Waals surface area contributed by atoms with Crippen molar-refractivity contribution in [3.63, 3.8) is 0 Å². The maximum atomic E-state index is 2.51. The van der Waals surface area contributed by atoms with Gasteiger partial charge in [0, 0.05) is 31.9 Å². The van der Waals surface area contributed by atoms with Crippen molar-refractivity contribution < 1.29 is 0 Å². The zero-order valence-corrected chi connectivity index (χ0v) is 22.4. The Morgan fingerprint density at radius 1 is 0.559 bits per heavy atom. The van der Waals surface area contributed by atoms with Gasteiger partial charge in [-0.3, -0.25) is 0 Å². The average Bonchev–Trinajstić information content (AvgIpc) is 2.90. The van der Waals surface area contributed by atoms with Crippen LogP contribution in [0.3, 0.4) is 0 Å². The predicted molar refractivity (Wildman–Crippen MR) is 155 cm³/mol. The molecule has 174 valence electrons. The zero-order valence-electron chi connectivity index (χ0n) is 19.8. The van der Waals surface area contributed by atoms with Crippen molar-refractivity contribution >= 4 is 45.8 Å². The number of hydrogen-bond donors (Lipinski definition) is 0. The Morgan fingerprint density at radius 2 is 0.971 bits per heavy atom. The van der Waals surface area contributed by atoms with Crippen LogP contribution in [-0.2, 0) is 6.16 Å². The van der Waals surface area contributed by atoms with E-state index in [1.165, 1.54) is 27.2 Å². The third-order valence-corrected chi connectivity index (χ3v) is 11.2. The summed E-state index contributed by atoms with van der Waals surface area (Å²) in [6, 6.07) is 42.8. The number of likely N-dealkylation sites (N-methyl/N-ethyl adjacent to an activating group) is 1. The van der Waals surface area contributed by atoms with Crippen LogP contribution in [0.5, 0.6) is 0 Å². The number of hydrogen-bond acceptors (Lipinski definition) is 2. The lowest BCUT2D eigenvalue weighted by molar-refractivity contribution is 0.313. The average molecular weight is 532 g/mol. The molecular weight excluding hydrogens is 499 g/mol. The molecule has 4 aromatic rings. The number of nitrogens with zero attached hydrogens (tertiary/aromatic N) is 2. The Balaban J connectivity index is 0.00000274. The minimum absolute atomic E-state index is 0. The summed E-state index contributed by atoms with van der Waals surface area (Å²) in [5.41, 5.74) is 2.74. The second-order valence-electron chi connectivity index (χ2n) is 8.93. The van der Waals surface area contributed by atoms with Gasteiger partial charge in [-0.25, -0.2) is 0 Å². The van der Waals surface area contributed by atoms with E-state index in [0.29, 0.717) is 0 Å². The van der Waals surface area contributed by atoms with Crippen LogP contribution in [0.4, 0.5) is 5.69 Å². The fraction of sp³-hybridized carbons (Fsp3) is 0.200. The summed E-state index contributed by atoms with van der Waals surface area (Å²) < 4.78 is 0. The molecule has 0 N–H and O–H groups in total. The van der Waals surface area contributed by atoms with Crippen LogP contribution < -0.4 is 20.8 Å². The third kappa shape index (κ3) is 5.13. The van der Waals surface area contributed by atoms with E-state index in [9.17, 15) is 0 Å². The molecule has 1 aliphatic heterocycles. The van der Waals surface area contributed by atoms with Crippen LogP contribution in [0.25, 0.3) is 0 Å². The standard InChI is InChI=1S/C30H32N2P.BrH/c1-31-21-23-32(24-22-31)27-19-17-26(18-20-27)25-33(28-11-5-2-6-12-28,29-13-7-3-8-14-29)30-15-9-4-10-16-30;/h2-20H,21-25H2,1H3;1H/q+1;. The molecule has 0 aliphatic carbocycles. The molecule has 0 aromatic heterocycles. The van der Waals surface area contributed by atoms with Crippen molar-refractivity contribution in [1.82, 2.24) is 4.90 Å². The highest BCUT2D eigenvalue weighted by Crippen LogP contribution is 2.58. The van der Waals surface area contributed by atoms with E-state index in [0.717, 1.165) is 32.3 Å². The zero-order chi connectivity index (χ0) is 22.5. The molecule has 1 heterocycles. The Bertz CT molecular complexity index is 1050. The first-order valence-corrected chi connectivity index (χ1v) is 13.8. The van der Waals surface area contributed by atoms with Gasteiger partial charge >= 0.3 is 0 Å². The topological polar surface area (TPSA) is 6.48 Å². The lowest BCUT2D eigenvalue weighted by Crippen LogP contribution is -2.44. The summed E-state index contributed by atoms with van der Waals surface area (Å²) in [7, 11) is 0.358. The Morgan fingerprint density at radius 3 is 1.38 bits per heavy atom. The predicted octanol–water partition coefficient (Wildman–Crippen LogP) is 5.51. The number of rotatable bonds is 6. The molecule has 0 atom stereocenters. The van der Waals surface area contributed by atoms with Crippen molar-refractivity contribution in [2.24, 2.45) is 0 Å². The summed E-state index contributed by atoms with van der Waals surface area (Å²) in [6.07, 6.45) is 1.02. The van der Waals surface area contributed by atoms with E-state index in [1.807, 2.05) is 0 Å². The molecule has 4 aromatic carbocycles. The van der Waals surface area contributed by atoms with Gasteiger partial charge in [-0.05, 0) is 61.1 Å². The lowest BCUT2D eigenvalue weighted by atomic mass is 10.2. The van der Waals surface area contributed by atoms with Gasteiger partial charge < -0.3 is 9.80 Å². The third-order valence-electron chi connectivity index (χ3n) is 6.82. The molecule has 0 saturated carbocycles. The molecular formula is C30H33BrN2P+. The Labute approximate surface area is 215 Å². The van der Waals surface area contributed by atoms with Gasteiger partial charge in [-0.15, -0.1) is 17.0 Å². The first-order chi connectivity index (χ1) is 16.3. The van der Waals surface area contributed by atoms with Crippen molar-refractivity contribution in [1.29, 1.82) is 0 Å². The van der Waals surface area contributed by atoms with E-state index in [1.54, 1.807) is 0 Å². The number of anilines is 1. The number of benzene rings is 4. The van der Waals surface area contributed by atoms with E-state index in [4.69, 9.17) is 0 Å². The first kappa shape index (κ1) is 24.7. The SMILES string of the molecule is Br.CN1CCN(c2ccc(C[P+](c3ccccc3)(c3ccccc3)c3ccccc3)cc2)CC1. The molecule has 34 heavy (non-hydrogen) atoms. The van der Waals surface area contributed by atoms with Crippen LogP contribution in [0, 0.1) is 0 Å². The minimum atomic E-state index is -1.85. The van der Waals surface area contributed by atoms with E-state index < -0.39 is 7.26 Å². The van der Waals surface area contributed by atoms with Crippen molar-refractivity contribution in [2.45, 2.75) is 6.16 Å². The Kier molecular flexibility index (Phi) is 8.21. The first-order valence-electron chi connectivity index (χ1n) is 11.8. The summed E-state index contributed by atoms with van der Waals surface area (Å²) in [5.74, 6) is 0. The highest BCUT2D eigenvalue weighted by molar-refractivity contribution is 8.93. The molecule has 5 rings (SSSR count). The van der Waals surface area contributed by atoms with E-state index in [-0.39, 0.29) is 17.0 Å². The second-order valence-corrected chi connectivity index (χ2v) is 12.4. The van der Waals surface area contributed by atoms with Gasteiger partial charge in [0.25, 0.3) is 0 Å². The largest absolute Gasteiger partial charge is 0.369 e. The number of halogens is 1. The summed E-state index contributed by atoms with van der Waals surface area (Å²) in [6.45, 7) is 4.47. The number of piperazine rings is 1. The molecule has 0 bridgehead atoms. The molecule has 2 nitrogen and oxygen atoms in total. The monoisotopic (exact) mass is 531 g/mol. The van der Waals surface area contributed by atoms with Crippen molar-refractivity contribution in [3.05, 3.63) is 121 Å². The van der Waals surface area contributed by atoms with Gasteiger partial charge in [0.1, 0.15) is 23.2 Å². The summed E-state index contributed by atoms with van der Waals surface area (Å²) in [5, 5.41) is 4.31. The highest BCUT2D eigenvalue weighted by Gasteiger charge is 2.45. The van der Waals surface area contributed by atoms with Crippen LogP contribution >= 0.6 is 24.2 Å². The quantitative estimate of drug-likeness (QED) is 0.302. The molecule has 1 aliphatic rings. The maximum Gasteiger partial charge on any atom is 0.116 e. The van der Waals surface area contributed by atoms with Crippen molar-refractivity contribution in [3.8, 4) is 0 Å². The van der Waals surface area contributed by atoms with Crippen molar-refractivity contribution in [2.75, 3.05) is 38.1 Å². The summed E-state index contributed by atoms with van der Waals surface area (Å²) in [4.78, 5) is 4.92. The van der Waals surface area contributed by atoms with Crippen LogP contribution in [-0.4, -0.2) is 38.1 Å². The molecule has 0 spiro atoms. The van der Waals surface area contributed by atoms with Gasteiger partial charge in [-0.2, -0.15) is 0 Å². The fourth-order valence-electron chi connectivity index (χ4n) is 4.92. The molecule has 1 fully saturated rings. The second kappa shape index (κ2) is 11.3. The van der Waals surface area contributed by atoms with Crippen LogP contribution in [0.15, 0.2) is 115 Å². The molecule has 0 radical (unpaired) electrons. The molecule has 4 heteroatoms. The van der Waals surface area contributed by atoms with E-state index in [2.05, 4.69) is 132 Å². The van der Waals surface area contributed by atoms with Gasteiger partial charge in [0.15, 0.2) is 0 Å². The maximum absolute atomic E-state index is 2.51. The van der Waals surface area contributed by atoms with Gasteiger partial charge in [0.05, 0.1) is 6.16 Å². The highest BCUT2D eigenvalue weighted by atomic mass is 79.9. The fourth-order valence-corrected chi connectivity index (χ4v) is 9.16. The van der Waals surface area contributed by atoms with Crippen LogP contribution in [0.1, 0.15) is 5.56 Å². The minimum Gasteiger partial charge on any atom is -0.369 e. The van der Waals surface area contributed by atoms with E-state index >= 15 is 0 Å². The molecule has 0 unspecified atom stereocenters. The summed E-state index contributed by atoms with van der Waals surface area (Å²) >= 11 is 0. The van der Waals surface area contributed by atoms with Crippen LogP contribution in [0.2, 0.25) is 0 Å². The smallest absolute Gasteiger partial charge is 0.116 e. The Hall–Kier alpha value is -2.45. The lowest BCUT2D eigenvalue weighted by Gasteiger charge is -2.34.